The Hall–Kier alpha value is -4.02. The van der Waals surface area contributed by atoms with Crippen molar-refractivity contribution in [3.8, 4) is 11.5 Å². The van der Waals surface area contributed by atoms with Gasteiger partial charge in [0.1, 0.15) is 29.7 Å². The minimum Gasteiger partial charge on any atom is -0.457 e. The van der Waals surface area contributed by atoms with Crippen LogP contribution in [0.2, 0.25) is 0 Å². The molecule has 2 aliphatic rings. The summed E-state index contributed by atoms with van der Waals surface area (Å²) in [5, 5.41) is 22.0. The van der Waals surface area contributed by atoms with E-state index in [2.05, 4.69) is 36.4 Å². The number of nitrogens with one attached hydrogen (secondary N) is 1. The van der Waals surface area contributed by atoms with Gasteiger partial charge in [-0.05, 0) is 67.6 Å². The maximum atomic E-state index is 10.0. The Labute approximate surface area is 207 Å². The van der Waals surface area contributed by atoms with Gasteiger partial charge in [0.25, 0.3) is 0 Å². The number of hydrogen-bond donors (Lipinski definition) is 2. The van der Waals surface area contributed by atoms with E-state index in [1.807, 2.05) is 54.2 Å². The van der Waals surface area contributed by atoms with Crippen molar-refractivity contribution in [1.29, 1.82) is 0 Å². The molecule has 5 aromatic rings. The molecule has 6 heterocycles. The summed E-state index contributed by atoms with van der Waals surface area (Å²) in [5.74, 6) is 2.24. The second kappa shape index (κ2) is 8.28. The van der Waals surface area contributed by atoms with Crippen molar-refractivity contribution in [2.75, 3.05) is 5.32 Å². The molecule has 2 N–H and O–H groups in total. The van der Waals surface area contributed by atoms with Gasteiger partial charge in [-0.1, -0.05) is 0 Å². The Balaban J connectivity index is 1.12. The van der Waals surface area contributed by atoms with Gasteiger partial charge in [-0.25, -0.2) is 19.0 Å². The Morgan fingerprint density at radius 3 is 2.64 bits per heavy atom. The van der Waals surface area contributed by atoms with Crippen molar-refractivity contribution in [3.05, 3.63) is 72.6 Å². The molecule has 182 valence electrons. The van der Waals surface area contributed by atoms with E-state index in [-0.39, 0.29) is 6.10 Å². The highest BCUT2D eigenvalue weighted by Gasteiger charge is 2.44. The largest absolute Gasteiger partial charge is 0.457 e. The topological polar surface area (TPSA) is 105 Å². The van der Waals surface area contributed by atoms with Crippen LogP contribution in [0.15, 0.2) is 61.4 Å². The number of anilines is 2. The number of aromatic nitrogens is 6. The number of rotatable bonds is 6. The van der Waals surface area contributed by atoms with Crippen molar-refractivity contribution in [1.82, 2.24) is 34.1 Å². The van der Waals surface area contributed by atoms with E-state index in [0.29, 0.717) is 17.8 Å². The van der Waals surface area contributed by atoms with E-state index in [1.165, 1.54) is 18.3 Å². The summed E-state index contributed by atoms with van der Waals surface area (Å²) in [5.41, 5.74) is 4.81. The number of aryl methyl sites for hydroxylation is 1. The highest BCUT2D eigenvalue weighted by molar-refractivity contribution is 5.77. The fourth-order valence-corrected chi connectivity index (χ4v) is 5.59. The van der Waals surface area contributed by atoms with E-state index < -0.39 is 0 Å². The number of fused-ring (bicyclic) bond motifs is 4. The third-order valence-electron chi connectivity index (χ3n) is 7.38. The number of benzene rings is 1. The van der Waals surface area contributed by atoms with E-state index >= 15 is 0 Å². The van der Waals surface area contributed by atoms with E-state index in [9.17, 15) is 5.11 Å². The molecule has 0 saturated carbocycles. The molecule has 7 rings (SSSR count). The molecule has 3 atom stereocenters. The number of aliphatic hydroxyl groups is 1. The lowest BCUT2D eigenvalue weighted by Crippen LogP contribution is -2.61. The van der Waals surface area contributed by atoms with Gasteiger partial charge in [-0.2, -0.15) is 10.2 Å². The maximum Gasteiger partial charge on any atom is 0.158 e. The summed E-state index contributed by atoms with van der Waals surface area (Å²) in [6, 6.07) is 12.8. The summed E-state index contributed by atoms with van der Waals surface area (Å²) in [7, 11) is 0. The molecule has 1 aromatic carbocycles. The molecule has 2 bridgehead atoms. The van der Waals surface area contributed by atoms with Crippen LogP contribution in [0.3, 0.4) is 0 Å². The standard InChI is InChI=1S/C26H26N8O2/c1-16-8-18(2-3-23(16)36-22-5-7-33-24(12-22)27-14-29-33)31-26-25-17(4-6-34(25)30-15-28-26)13-32-19-9-20(32)11-21(35)10-19/h2-8,12,14-15,19-21,35H,9-11,13H2,1H3,(H,28,30,31)/t19-,20?,21-/m0/s1. The summed E-state index contributed by atoms with van der Waals surface area (Å²) >= 11 is 0. The predicted octanol–water partition coefficient (Wildman–Crippen LogP) is 3.71. The van der Waals surface area contributed by atoms with Crippen LogP contribution in [0.1, 0.15) is 30.4 Å². The van der Waals surface area contributed by atoms with E-state index in [1.54, 1.807) is 10.8 Å². The van der Waals surface area contributed by atoms with Gasteiger partial charge < -0.3 is 15.2 Å². The molecule has 10 heteroatoms. The fourth-order valence-electron chi connectivity index (χ4n) is 5.59. The van der Waals surface area contributed by atoms with Gasteiger partial charge in [0, 0.05) is 42.8 Å². The highest BCUT2D eigenvalue weighted by atomic mass is 16.5. The van der Waals surface area contributed by atoms with Crippen molar-refractivity contribution in [2.24, 2.45) is 0 Å². The molecule has 0 aliphatic carbocycles. The number of aliphatic hydroxyl groups excluding tert-OH is 1. The van der Waals surface area contributed by atoms with Crippen LogP contribution in [0.5, 0.6) is 11.5 Å². The average molecular weight is 483 g/mol. The van der Waals surface area contributed by atoms with Crippen molar-refractivity contribution >= 4 is 22.7 Å². The SMILES string of the molecule is Cc1cc(Nc2ncnn3ccc(CN4C5C[C@@H](O)C[C@@H]4C5)c23)ccc1Oc1ccn2ncnc2c1. The van der Waals surface area contributed by atoms with E-state index in [4.69, 9.17) is 4.74 Å². The first-order valence-corrected chi connectivity index (χ1v) is 12.2. The summed E-state index contributed by atoms with van der Waals surface area (Å²) in [4.78, 5) is 11.3. The zero-order chi connectivity index (χ0) is 24.2. The monoisotopic (exact) mass is 482 g/mol. The molecule has 2 fully saturated rings. The molecule has 2 saturated heterocycles. The third kappa shape index (κ3) is 3.66. The molecular formula is C26H26N8O2. The highest BCUT2D eigenvalue weighted by Crippen LogP contribution is 2.40. The smallest absolute Gasteiger partial charge is 0.158 e. The van der Waals surface area contributed by atoms with Crippen molar-refractivity contribution in [2.45, 2.75) is 50.9 Å². The Kier molecular flexibility index (Phi) is 4.90. The Bertz CT molecular complexity index is 1570. The minimum atomic E-state index is -0.155. The lowest BCUT2D eigenvalue weighted by Gasteiger charge is -2.54. The Morgan fingerprint density at radius 1 is 0.972 bits per heavy atom. The van der Waals surface area contributed by atoms with Crippen LogP contribution in [0, 0.1) is 6.92 Å². The lowest BCUT2D eigenvalue weighted by molar-refractivity contribution is -0.0861. The van der Waals surface area contributed by atoms with Crippen LogP contribution >= 0.6 is 0 Å². The zero-order valence-corrected chi connectivity index (χ0v) is 19.8. The maximum absolute atomic E-state index is 10.0. The van der Waals surface area contributed by atoms with Gasteiger partial charge in [0.15, 0.2) is 11.5 Å². The van der Waals surface area contributed by atoms with Crippen LogP contribution in [-0.2, 0) is 6.54 Å². The van der Waals surface area contributed by atoms with Gasteiger partial charge in [0.05, 0.1) is 6.10 Å². The number of ether oxygens (including phenoxy) is 1. The van der Waals surface area contributed by atoms with Crippen molar-refractivity contribution < 1.29 is 9.84 Å². The summed E-state index contributed by atoms with van der Waals surface area (Å²) < 4.78 is 9.69. The minimum absolute atomic E-state index is 0.155. The second-order valence-corrected chi connectivity index (χ2v) is 9.72. The van der Waals surface area contributed by atoms with Gasteiger partial charge in [-0.3, -0.25) is 4.90 Å². The van der Waals surface area contributed by atoms with Gasteiger partial charge in [-0.15, -0.1) is 0 Å². The normalized spacial score (nSPS) is 21.6. The van der Waals surface area contributed by atoms with Gasteiger partial charge in [0.2, 0.25) is 0 Å². The van der Waals surface area contributed by atoms with E-state index in [0.717, 1.165) is 53.4 Å². The quantitative estimate of drug-likeness (QED) is 0.377. The molecule has 36 heavy (non-hydrogen) atoms. The van der Waals surface area contributed by atoms with Crippen LogP contribution < -0.4 is 10.1 Å². The number of piperidine rings is 1. The molecule has 2 aliphatic heterocycles. The van der Waals surface area contributed by atoms with Crippen LogP contribution in [0.25, 0.3) is 11.2 Å². The first-order chi connectivity index (χ1) is 17.6. The fraction of sp³-hybridized carbons (Fsp3) is 0.308. The van der Waals surface area contributed by atoms with Crippen LogP contribution in [-0.4, -0.2) is 57.4 Å². The first kappa shape index (κ1) is 21.3. The second-order valence-electron chi connectivity index (χ2n) is 9.72. The summed E-state index contributed by atoms with van der Waals surface area (Å²) in [6.45, 7) is 2.86. The lowest BCUT2D eigenvalue weighted by atomic mass is 9.78. The average Bonchev–Trinajstić information content (AvgIpc) is 3.51. The third-order valence-corrected chi connectivity index (χ3v) is 7.38. The first-order valence-electron chi connectivity index (χ1n) is 12.2. The number of hydrogen-bond acceptors (Lipinski definition) is 8. The molecule has 1 unspecified atom stereocenters. The zero-order valence-electron chi connectivity index (χ0n) is 19.8. The predicted molar refractivity (Wildman–Crippen MR) is 133 cm³/mol. The van der Waals surface area contributed by atoms with Crippen LogP contribution in [0.4, 0.5) is 11.5 Å². The Morgan fingerprint density at radius 2 is 1.78 bits per heavy atom. The number of pyridine rings is 1. The summed E-state index contributed by atoms with van der Waals surface area (Å²) in [6.07, 6.45) is 9.66. The van der Waals surface area contributed by atoms with Gasteiger partial charge >= 0.3 is 0 Å². The molecule has 4 aromatic heterocycles. The molecule has 10 nitrogen and oxygen atoms in total. The van der Waals surface area contributed by atoms with Crippen molar-refractivity contribution in [3.63, 3.8) is 0 Å². The molecule has 0 amide bonds. The molecule has 0 radical (unpaired) electrons. The molecule has 0 spiro atoms. The number of nitrogens with zero attached hydrogens (tertiary/aromatic N) is 7. The molecular weight excluding hydrogens is 456 g/mol.